The minimum Gasteiger partial charge on any atom is -0.481 e. The minimum absolute atomic E-state index is 0.458. The van der Waals surface area contributed by atoms with E-state index in [1.165, 1.54) is 7.11 Å². The number of nitrogens with zero attached hydrogens (tertiary/aromatic N) is 1. The number of rotatable bonds is 4. The smallest absolute Gasteiger partial charge is 0.214 e. The van der Waals surface area contributed by atoms with E-state index in [0.29, 0.717) is 5.88 Å². The molecule has 0 aliphatic heterocycles. The monoisotopic (exact) mass is 140 g/mol. The molecule has 3 nitrogen and oxygen atoms in total. The number of methoxy groups -OCH3 is 1. The van der Waals surface area contributed by atoms with Crippen molar-refractivity contribution in [2.75, 3.05) is 14.2 Å². The zero-order chi connectivity index (χ0) is 7.98. The maximum atomic E-state index is 4.80. The molecule has 0 saturated carbocycles. The number of aliphatic imine (C=N–C) groups is 1. The molecule has 10 heavy (non-hydrogen) atoms. The van der Waals surface area contributed by atoms with Crippen LogP contribution in [0.2, 0.25) is 0 Å². The van der Waals surface area contributed by atoms with E-state index >= 15 is 0 Å². The fourth-order valence-electron chi connectivity index (χ4n) is 0.390. The molecule has 0 spiro atoms. The maximum Gasteiger partial charge on any atom is 0.214 e. The highest BCUT2D eigenvalue weighted by Crippen LogP contribution is 1.98. The summed E-state index contributed by atoms with van der Waals surface area (Å²) in [6.45, 7) is 6.96. The van der Waals surface area contributed by atoms with Gasteiger partial charge in [-0.2, -0.15) is 0 Å². The first-order valence-electron chi connectivity index (χ1n) is 2.83. The Hall–Kier alpha value is -1.25. The molecule has 0 aromatic heterocycles. The fraction of sp³-hybridized carbons (Fsp3) is 0.286. The lowest BCUT2D eigenvalue weighted by molar-refractivity contribution is 0.288. The molecule has 0 unspecified atom stereocenters. The molecule has 1 N–H and O–H groups in total. The molecule has 0 aromatic rings. The lowest BCUT2D eigenvalue weighted by Gasteiger charge is -1.99. The van der Waals surface area contributed by atoms with Gasteiger partial charge in [-0.25, -0.2) is 4.99 Å². The number of likely N-dealkylation sites (N-methyl/N-ethyl adjacent to an activating group) is 1. The van der Waals surface area contributed by atoms with Crippen LogP contribution in [0.5, 0.6) is 0 Å². The van der Waals surface area contributed by atoms with Gasteiger partial charge in [0.15, 0.2) is 0 Å². The van der Waals surface area contributed by atoms with E-state index in [-0.39, 0.29) is 0 Å². The predicted octanol–water partition coefficient (Wildman–Crippen LogP) is 0.908. The van der Waals surface area contributed by atoms with Crippen LogP contribution in [0.15, 0.2) is 29.2 Å². The van der Waals surface area contributed by atoms with Gasteiger partial charge in [-0.15, -0.1) is 0 Å². The van der Waals surface area contributed by atoms with Gasteiger partial charge in [0, 0.05) is 18.8 Å². The second-order valence-corrected chi connectivity index (χ2v) is 1.62. The standard InChI is InChI=1S/C7H12N2O/c1-6(8-2)5-7(9-3)10-4/h5,8H,1,3H2,2,4H3/b7-5+. The first-order chi connectivity index (χ1) is 4.74. The van der Waals surface area contributed by atoms with E-state index in [0.717, 1.165) is 5.70 Å². The van der Waals surface area contributed by atoms with E-state index < -0.39 is 0 Å². The number of allylic oxidation sites excluding steroid dienone is 1. The average molecular weight is 140 g/mol. The number of hydrogen-bond acceptors (Lipinski definition) is 3. The van der Waals surface area contributed by atoms with Crippen LogP contribution in [0, 0.1) is 0 Å². The van der Waals surface area contributed by atoms with E-state index in [4.69, 9.17) is 4.74 Å². The SMILES string of the molecule is C=N/C(=C\C(=C)NC)OC. The van der Waals surface area contributed by atoms with E-state index in [9.17, 15) is 0 Å². The molecule has 0 bridgehead atoms. The first kappa shape index (κ1) is 8.75. The normalized spacial score (nSPS) is 10.4. The summed E-state index contributed by atoms with van der Waals surface area (Å²) >= 11 is 0. The van der Waals surface area contributed by atoms with Gasteiger partial charge in [0.1, 0.15) is 0 Å². The van der Waals surface area contributed by atoms with Crippen LogP contribution >= 0.6 is 0 Å². The summed E-state index contributed by atoms with van der Waals surface area (Å²) in [5, 5.41) is 2.83. The van der Waals surface area contributed by atoms with Crippen molar-refractivity contribution in [3.8, 4) is 0 Å². The summed E-state index contributed by atoms with van der Waals surface area (Å²) in [6, 6.07) is 0. The summed E-state index contributed by atoms with van der Waals surface area (Å²) in [5.74, 6) is 0.458. The van der Waals surface area contributed by atoms with Gasteiger partial charge in [-0.05, 0) is 6.72 Å². The fourth-order valence-corrected chi connectivity index (χ4v) is 0.390. The zero-order valence-electron chi connectivity index (χ0n) is 6.35. The molecular weight excluding hydrogens is 128 g/mol. The van der Waals surface area contributed by atoms with Gasteiger partial charge < -0.3 is 10.1 Å². The molecule has 0 amide bonds. The van der Waals surface area contributed by atoms with E-state index in [1.807, 2.05) is 0 Å². The Labute approximate surface area is 61.1 Å². The van der Waals surface area contributed by atoms with Crippen molar-refractivity contribution in [3.63, 3.8) is 0 Å². The summed E-state index contributed by atoms with van der Waals surface area (Å²) in [5.41, 5.74) is 0.740. The van der Waals surface area contributed by atoms with Gasteiger partial charge in [0.25, 0.3) is 0 Å². The van der Waals surface area contributed by atoms with Crippen molar-refractivity contribution in [1.29, 1.82) is 0 Å². The van der Waals surface area contributed by atoms with Gasteiger partial charge >= 0.3 is 0 Å². The molecule has 0 radical (unpaired) electrons. The third-order valence-electron chi connectivity index (χ3n) is 0.984. The van der Waals surface area contributed by atoms with Gasteiger partial charge in [0.2, 0.25) is 5.88 Å². The molecule has 0 rings (SSSR count). The van der Waals surface area contributed by atoms with Gasteiger partial charge in [0.05, 0.1) is 7.11 Å². The highest BCUT2D eigenvalue weighted by molar-refractivity contribution is 5.29. The molecule has 0 aromatic carbocycles. The molecule has 3 heteroatoms. The maximum absolute atomic E-state index is 4.80. The van der Waals surface area contributed by atoms with Crippen LogP contribution in [0.1, 0.15) is 0 Å². The van der Waals surface area contributed by atoms with Crippen LogP contribution in [0.3, 0.4) is 0 Å². The molecule has 0 aliphatic rings. The lowest BCUT2D eigenvalue weighted by Crippen LogP contribution is -2.01. The van der Waals surface area contributed by atoms with Crippen LogP contribution in [0.4, 0.5) is 0 Å². The van der Waals surface area contributed by atoms with E-state index in [2.05, 4.69) is 23.6 Å². The molecule has 0 fully saturated rings. The van der Waals surface area contributed by atoms with Crippen molar-refractivity contribution in [2.24, 2.45) is 4.99 Å². The summed E-state index contributed by atoms with van der Waals surface area (Å²) in [4.78, 5) is 3.58. The topological polar surface area (TPSA) is 33.6 Å². The van der Waals surface area contributed by atoms with Crippen LogP contribution in [-0.2, 0) is 4.74 Å². The Morgan fingerprint density at radius 1 is 1.70 bits per heavy atom. The van der Waals surface area contributed by atoms with Gasteiger partial charge in [-0.1, -0.05) is 6.58 Å². The molecule has 0 aliphatic carbocycles. The van der Waals surface area contributed by atoms with Crippen molar-refractivity contribution in [1.82, 2.24) is 5.32 Å². The average Bonchev–Trinajstić information content (AvgIpc) is 1.99. The summed E-state index contributed by atoms with van der Waals surface area (Å²) < 4.78 is 4.80. The van der Waals surface area contributed by atoms with Crippen LogP contribution in [0.25, 0.3) is 0 Å². The highest BCUT2D eigenvalue weighted by atomic mass is 16.5. The zero-order valence-corrected chi connectivity index (χ0v) is 6.35. The minimum atomic E-state index is 0.458. The Kier molecular flexibility index (Phi) is 4.04. The van der Waals surface area contributed by atoms with Crippen molar-refractivity contribution in [2.45, 2.75) is 0 Å². The summed E-state index contributed by atoms with van der Waals surface area (Å²) in [6.07, 6.45) is 1.66. The van der Waals surface area contributed by atoms with Crippen molar-refractivity contribution in [3.05, 3.63) is 24.2 Å². The summed E-state index contributed by atoms with van der Waals surface area (Å²) in [7, 11) is 3.30. The van der Waals surface area contributed by atoms with E-state index in [1.54, 1.807) is 13.1 Å². The second-order valence-electron chi connectivity index (χ2n) is 1.62. The third-order valence-corrected chi connectivity index (χ3v) is 0.984. The number of nitrogens with one attached hydrogen (secondary N) is 1. The number of hydrogen-bond donors (Lipinski definition) is 1. The predicted molar refractivity (Wildman–Crippen MR) is 42.8 cm³/mol. The molecular formula is C7H12N2O. The molecule has 0 saturated heterocycles. The van der Waals surface area contributed by atoms with Crippen molar-refractivity contribution < 1.29 is 4.74 Å². The third kappa shape index (κ3) is 2.91. The highest BCUT2D eigenvalue weighted by Gasteiger charge is 1.89. The lowest BCUT2D eigenvalue weighted by atomic mass is 10.4. The first-order valence-corrected chi connectivity index (χ1v) is 2.83. The molecule has 0 heterocycles. The van der Waals surface area contributed by atoms with Crippen LogP contribution < -0.4 is 5.32 Å². The Morgan fingerprint density at radius 2 is 2.30 bits per heavy atom. The van der Waals surface area contributed by atoms with Crippen LogP contribution in [-0.4, -0.2) is 20.9 Å². The van der Waals surface area contributed by atoms with Gasteiger partial charge in [-0.3, -0.25) is 0 Å². The molecule has 0 atom stereocenters. The van der Waals surface area contributed by atoms with Crippen molar-refractivity contribution >= 4 is 6.72 Å². The quantitative estimate of drug-likeness (QED) is 0.357. The Morgan fingerprint density at radius 3 is 2.60 bits per heavy atom. The largest absolute Gasteiger partial charge is 0.481 e. The number of ether oxygens (including phenoxy) is 1. The Bertz CT molecular complexity index is 161. The Balaban J connectivity index is 4.09. The molecule has 56 valence electrons. The second kappa shape index (κ2) is 4.61.